The molecule has 0 bridgehead atoms. The van der Waals surface area contributed by atoms with Crippen LogP contribution in [0, 0.1) is 0 Å². The third-order valence-corrected chi connectivity index (χ3v) is 4.82. The molecule has 0 rings (SSSR count). The van der Waals surface area contributed by atoms with Gasteiger partial charge >= 0.3 is 73.3 Å². The molecule has 0 aliphatic rings. The summed E-state index contributed by atoms with van der Waals surface area (Å²) < 4.78 is 28.6. The van der Waals surface area contributed by atoms with Gasteiger partial charge in [0.05, 0.1) is 0 Å². The quantitative estimate of drug-likeness (QED) is 0.473. The molecule has 0 aromatic heterocycles. The van der Waals surface area contributed by atoms with E-state index >= 15 is 0 Å². The Morgan fingerprint density at radius 2 is 2.11 bits per heavy atom. The van der Waals surface area contributed by atoms with Crippen molar-refractivity contribution >= 4 is 38.0 Å². The van der Waals surface area contributed by atoms with Gasteiger partial charge in [-0.15, -0.1) is 0 Å². The zero-order valence-electron chi connectivity index (χ0n) is 5.66. The first-order chi connectivity index (χ1) is 3.98. The van der Waals surface area contributed by atoms with Crippen molar-refractivity contribution in [1.29, 1.82) is 0 Å². The maximum absolute atomic E-state index is 10.3. The summed E-state index contributed by atoms with van der Waals surface area (Å²) in [5.74, 6) is 0. The van der Waals surface area contributed by atoms with Gasteiger partial charge in [0, 0.05) is 0 Å². The molecule has 1 atom stereocenters. The van der Waals surface area contributed by atoms with Crippen molar-refractivity contribution in [1.82, 2.24) is 0 Å². The van der Waals surface area contributed by atoms with Gasteiger partial charge < -0.3 is 0 Å². The zero-order chi connectivity index (χ0) is 7.49. The van der Waals surface area contributed by atoms with Crippen molar-refractivity contribution in [2.45, 2.75) is 22.3 Å². The van der Waals surface area contributed by atoms with Gasteiger partial charge in [-0.2, -0.15) is 0 Å². The fourth-order valence-corrected chi connectivity index (χ4v) is 1.67. The molecular formula is C4H9NaO3S. The zero-order valence-corrected chi connectivity index (χ0v) is 8.48. The first kappa shape index (κ1) is 9.91. The second-order valence-corrected chi connectivity index (χ2v) is 6.18. The van der Waals surface area contributed by atoms with E-state index in [9.17, 15) is 8.42 Å². The topological polar surface area (TPSA) is 54.4 Å². The summed E-state index contributed by atoms with van der Waals surface area (Å²) in [6, 6.07) is 0. The molecule has 0 fully saturated rings. The van der Waals surface area contributed by atoms with Gasteiger partial charge in [0.1, 0.15) is 0 Å². The van der Waals surface area contributed by atoms with Gasteiger partial charge in [0.2, 0.25) is 0 Å². The van der Waals surface area contributed by atoms with E-state index in [1.807, 2.05) is 6.92 Å². The first-order valence-corrected chi connectivity index (χ1v) is 5.60. The molecular weight excluding hydrogens is 151 g/mol. The molecule has 0 heterocycles. The van der Waals surface area contributed by atoms with Crippen LogP contribution >= 0.6 is 0 Å². The summed E-state index contributed by atoms with van der Waals surface area (Å²) in [5, 5.41) is 0. The summed E-state index contributed by atoms with van der Waals surface area (Å²) >= 11 is 0.520. The molecule has 0 saturated heterocycles. The number of hydrogen-bond acceptors (Lipinski definition) is 2. The normalized spacial score (nSPS) is 15.6. The number of hydrogen-bond donors (Lipinski definition) is 1. The third kappa shape index (κ3) is 4.33. The van der Waals surface area contributed by atoms with Crippen LogP contribution in [-0.2, 0) is 10.1 Å². The van der Waals surface area contributed by atoms with E-state index in [0.29, 0.717) is 34.4 Å². The third-order valence-electron chi connectivity index (χ3n) is 1.20. The van der Waals surface area contributed by atoms with Crippen LogP contribution in [0.4, 0.5) is 0 Å². The molecule has 0 radical (unpaired) electrons. The van der Waals surface area contributed by atoms with Crippen LogP contribution in [0.1, 0.15) is 19.8 Å². The van der Waals surface area contributed by atoms with Crippen LogP contribution in [0.5, 0.6) is 0 Å². The molecule has 0 aliphatic carbocycles. The minimum atomic E-state index is -3.70. The van der Waals surface area contributed by atoms with Crippen molar-refractivity contribution < 1.29 is 13.0 Å². The van der Waals surface area contributed by atoms with E-state index < -0.39 is 12.6 Å². The number of rotatable bonds is 3. The Kier molecular flexibility index (Phi) is 4.33. The molecule has 1 N–H and O–H groups in total. The van der Waals surface area contributed by atoms with E-state index in [0.717, 1.165) is 6.42 Å². The molecule has 0 saturated carbocycles. The SMILES string of the molecule is CCC[CH]([Na])S(=O)(=O)O. The summed E-state index contributed by atoms with van der Waals surface area (Å²) in [5.41, 5.74) is 0. The molecule has 9 heavy (non-hydrogen) atoms. The van der Waals surface area contributed by atoms with Crippen LogP contribution in [0.15, 0.2) is 0 Å². The van der Waals surface area contributed by atoms with Crippen LogP contribution in [0.3, 0.4) is 0 Å². The van der Waals surface area contributed by atoms with Gasteiger partial charge in [-0.05, 0) is 0 Å². The van der Waals surface area contributed by atoms with Gasteiger partial charge in [-0.25, -0.2) is 0 Å². The molecule has 1 unspecified atom stereocenters. The van der Waals surface area contributed by atoms with Gasteiger partial charge in [-0.3, -0.25) is 0 Å². The molecule has 0 aliphatic heterocycles. The first-order valence-electron chi connectivity index (χ1n) is 2.94. The van der Waals surface area contributed by atoms with Crippen molar-refractivity contribution in [3.8, 4) is 0 Å². The second kappa shape index (κ2) is 3.93. The van der Waals surface area contributed by atoms with Crippen LogP contribution < -0.4 is 0 Å². The van der Waals surface area contributed by atoms with Gasteiger partial charge in [0.15, 0.2) is 0 Å². The molecule has 50 valence electrons. The maximum atomic E-state index is 10.3. The van der Waals surface area contributed by atoms with Crippen molar-refractivity contribution in [2.75, 3.05) is 0 Å². The summed E-state index contributed by atoms with van der Waals surface area (Å²) in [6.45, 7) is 1.90. The Bertz CT molecular complexity index is 163. The predicted octanol–water partition coefficient (Wildman–Crippen LogP) is 0.169. The van der Waals surface area contributed by atoms with E-state index in [-0.39, 0.29) is 0 Å². The molecule has 0 aromatic carbocycles. The minimum absolute atomic E-state index is 0.470. The molecule has 0 aromatic rings. The second-order valence-electron chi connectivity index (χ2n) is 2.11. The fraction of sp³-hybridized carbons (Fsp3) is 1.00. The fourth-order valence-electron chi connectivity index (χ4n) is 0.555. The average molecular weight is 160 g/mol. The Morgan fingerprint density at radius 3 is 2.22 bits per heavy atom. The Morgan fingerprint density at radius 1 is 1.67 bits per heavy atom. The molecule has 3 nitrogen and oxygen atoms in total. The van der Waals surface area contributed by atoms with E-state index in [1.165, 1.54) is 0 Å². The Labute approximate surface area is 73.0 Å². The van der Waals surface area contributed by atoms with Crippen LogP contribution in [0.25, 0.3) is 0 Å². The molecule has 0 spiro atoms. The van der Waals surface area contributed by atoms with Crippen LogP contribution in [-0.4, -0.2) is 43.4 Å². The predicted molar refractivity (Wildman–Crippen MR) is 36.0 cm³/mol. The van der Waals surface area contributed by atoms with E-state index in [1.54, 1.807) is 0 Å². The Hall–Kier alpha value is 0.910. The molecule has 5 heteroatoms. The van der Waals surface area contributed by atoms with Crippen molar-refractivity contribution in [3.05, 3.63) is 0 Å². The monoisotopic (exact) mass is 160 g/mol. The van der Waals surface area contributed by atoms with Crippen LogP contribution in [0.2, 0.25) is 0 Å². The van der Waals surface area contributed by atoms with E-state index in [2.05, 4.69) is 0 Å². The summed E-state index contributed by atoms with van der Waals surface area (Å²) in [4.78, 5) is 0. The standard InChI is InChI=1S/C4H9O3S.Na/c1-2-3-4-8(5,6)7;/h4H,2-3H2,1H3,(H,5,6,7);. The van der Waals surface area contributed by atoms with Gasteiger partial charge in [-0.1, -0.05) is 0 Å². The average Bonchev–Trinajstić information content (AvgIpc) is 1.64. The van der Waals surface area contributed by atoms with E-state index in [4.69, 9.17) is 4.55 Å². The van der Waals surface area contributed by atoms with Gasteiger partial charge in [0.25, 0.3) is 0 Å². The van der Waals surface area contributed by atoms with Crippen molar-refractivity contribution in [3.63, 3.8) is 0 Å². The Balaban J connectivity index is 3.90. The summed E-state index contributed by atoms with van der Waals surface area (Å²) in [7, 11) is -3.70. The molecule has 0 amide bonds. The summed E-state index contributed by atoms with van der Waals surface area (Å²) in [6.07, 6.45) is 1.40. The van der Waals surface area contributed by atoms with Crippen molar-refractivity contribution in [2.24, 2.45) is 0 Å².